The molecule has 0 aromatic carbocycles. The molecule has 2 amide bonds. The van der Waals surface area contributed by atoms with Gasteiger partial charge in [0.05, 0.1) is 11.6 Å². The minimum Gasteiger partial charge on any atom is -0.355 e. The van der Waals surface area contributed by atoms with Gasteiger partial charge in [-0.25, -0.2) is 0 Å². The Balaban J connectivity index is 1.61. The van der Waals surface area contributed by atoms with E-state index < -0.39 is 5.92 Å². The van der Waals surface area contributed by atoms with Crippen molar-refractivity contribution in [1.29, 1.82) is 0 Å². The van der Waals surface area contributed by atoms with Gasteiger partial charge in [-0.1, -0.05) is 6.07 Å². The fourth-order valence-corrected chi connectivity index (χ4v) is 2.93. The zero-order chi connectivity index (χ0) is 16.9. The fraction of sp³-hybridized carbons (Fsp3) is 0.412. The fourth-order valence-electron chi connectivity index (χ4n) is 2.93. The Hall–Kier alpha value is -2.70. The third-order valence-electron chi connectivity index (χ3n) is 4.20. The maximum Gasteiger partial charge on any atom is 0.230 e. The van der Waals surface area contributed by atoms with Crippen molar-refractivity contribution in [2.75, 3.05) is 13.1 Å². The van der Waals surface area contributed by atoms with E-state index in [4.69, 9.17) is 0 Å². The molecule has 1 aliphatic heterocycles. The molecule has 0 radical (unpaired) electrons. The van der Waals surface area contributed by atoms with Crippen molar-refractivity contribution in [2.24, 2.45) is 0 Å². The van der Waals surface area contributed by atoms with E-state index in [1.54, 1.807) is 17.3 Å². The molecule has 3 rings (SSSR count). The second-order valence-corrected chi connectivity index (χ2v) is 5.91. The van der Waals surface area contributed by atoms with Gasteiger partial charge >= 0.3 is 0 Å². The summed E-state index contributed by atoms with van der Waals surface area (Å²) < 4.78 is 1.83. The molecule has 0 saturated heterocycles. The summed E-state index contributed by atoms with van der Waals surface area (Å²) >= 11 is 0. The Morgan fingerprint density at radius 1 is 1.33 bits per heavy atom. The molecule has 0 fully saturated rings. The van der Waals surface area contributed by atoms with Crippen LogP contribution in [-0.2, 0) is 22.7 Å². The second-order valence-electron chi connectivity index (χ2n) is 5.91. The molecule has 0 bridgehead atoms. The standard InChI is InChI=1S/C17H21N5O2/c1-13(23)21-11-14-5-2-6-18-16(14)15(12-21)17(24)19-7-3-9-22-10-4-8-20-22/h2,4-6,8,10,15H,3,7,9,11-12H2,1H3,(H,19,24). The number of carbonyl (C=O) groups excluding carboxylic acids is 2. The molecule has 1 N–H and O–H groups in total. The van der Waals surface area contributed by atoms with Crippen LogP contribution in [0, 0.1) is 0 Å². The Morgan fingerprint density at radius 3 is 2.96 bits per heavy atom. The number of aryl methyl sites for hydroxylation is 1. The number of hydrogen-bond acceptors (Lipinski definition) is 4. The Labute approximate surface area is 140 Å². The smallest absolute Gasteiger partial charge is 0.230 e. The van der Waals surface area contributed by atoms with Crippen molar-refractivity contribution >= 4 is 11.8 Å². The Kier molecular flexibility index (Phi) is 4.88. The van der Waals surface area contributed by atoms with Crippen molar-refractivity contribution in [3.8, 4) is 0 Å². The molecule has 1 aliphatic rings. The lowest BCUT2D eigenvalue weighted by atomic mass is 9.94. The van der Waals surface area contributed by atoms with Crippen molar-refractivity contribution in [3.05, 3.63) is 48.0 Å². The minimum atomic E-state index is -0.413. The number of pyridine rings is 1. The molecule has 3 heterocycles. The maximum atomic E-state index is 12.6. The van der Waals surface area contributed by atoms with Crippen LogP contribution < -0.4 is 5.32 Å². The lowest BCUT2D eigenvalue weighted by Crippen LogP contribution is -2.43. The molecule has 24 heavy (non-hydrogen) atoms. The lowest BCUT2D eigenvalue weighted by molar-refractivity contribution is -0.131. The van der Waals surface area contributed by atoms with Gasteiger partial charge in [-0.2, -0.15) is 5.10 Å². The highest BCUT2D eigenvalue weighted by molar-refractivity contribution is 5.85. The number of carbonyl (C=O) groups is 2. The van der Waals surface area contributed by atoms with E-state index in [1.807, 2.05) is 29.1 Å². The van der Waals surface area contributed by atoms with Gasteiger partial charge in [0, 0.05) is 51.7 Å². The molecular formula is C17H21N5O2. The molecule has 2 aromatic rings. The van der Waals surface area contributed by atoms with Crippen LogP contribution in [0.1, 0.15) is 30.5 Å². The van der Waals surface area contributed by atoms with Gasteiger partial charge in [-0.05, 0) is 24.1 Å². The van der Waals surface area contributed by atoms with Crippen molar-refractivity contribution in [3.63, 3.8) is 0 Å². The molecule has 1 unspecified atom stereocenters. The molecular weight excluding hydrogens is 306 g/mol. The van der Waals surface area contributed by atoms with E-state index in [-0.39, 0.29) is 11.8 Å². The highest BCUT2D eigenvalue weighted by Crippen LogP contribution is 2.26. The molecule has 2 aromatic heterocycles. The summed E-state index contributed by atoms with van der Waals surface area (Å²) in [6.07, 6.45) is 6.12. The first-order valence-corrected chi connectivity index (χ1v) is 8.09. The van der Waals surface area contributed by atoms with E-state index >= 15 is 0 Å². The first kappa shape index (κ1) is 16.2. The normalized spacial score (nSPS) is 16.5. The van der Waals surface area contributed by atoms with Gasteiger partial charge in [0.25, 0.3) is 0 Å². The number of hydrogen-bond donors (Lipinski definition) is 1. The monoisotopic (exact) mass is 327 g/mol. The number of nitrogens with one attached hydrogen (secondary N) is 1. The van der Waals surface area contributed by atoms with E-state index in [1.165, 1.54) is 6.92 Å². The van der Waals surface area contributed by atoms with Gasteiger partial charge in [0.2, 0.25) is 11.8 Å². The number of aromatic nitrogens is 3. The summed E-state index contributed by atoms with van der Waals surface area (Å²) in [5, 5.41) is 7.09. The van der Waals surface area contributed by atoms with Gasteiger partial charge in [-0.3, -0.25) is 19.3 Å². The lowest BCUT2D eigenvalue weighted by Gasteiger charge is -2.32. The highest BCUT2D eigenvalue weighted by atomic mass is 16.2. The zero-order valence-electron chi connectivity index (χ0n) is 13.7. The molecule has 7 nitrogen and oxygen atoms in total. The topological polar surface area (TPSA) is 80.1 Å². The van der Waals surface area contributed by atoms with Gasteiger partial charge in [-0.15, -0.1) is 0 Å². The maximum absolute atomic E-state index is 12.6. The predicted octanol–water partition coefficient (Wildman–Crippen LogP) is 0.930. The summed E-state index contributed by atoms with van der Waals surface area (Å²) in [5.41, 5.74) is 1.72. The summed E-state index contributed by atoms with van der Waals surface area (Å²) in [4.78, 5) is 30.4. The Bertz CT molecular complexity index is 714. The molecule has 0 aliphatic carbocycles. The average molecular weight is 327 g/mol. The third kappa shape index (κ3) is 3.61. The summed E-state index contributed by atoms with van der Waals surface area (Å²) in [7, 11) is 0. The summed E-state index contributed by atoms with van der Waals surface area (Å²) in [6.45, 7) is 3.75. The number of fused-ring (bicyclic) bond motifs is 1. The molecule has 0 saturated carbocycles. The zero-order valence-corrected chi connectivity index (χ0v) is 13.7. The van der Waals surface area contributed by atoms with Crippen LogP contribution >= 0.6 is 0 Å². The van der Waals surface area contributed by atoms with Crippen molar-refractivity contribution < 1.29 is 9.59 Å². The van der Waals surface area contributed by atoms with Crippen LogP contribution in [0.15, 0.2) is 36.8 Å². The van der Waals surface area contributed by atoms with E-state index in [0.717, 1.165) is 24.2 Å². The minimum absolute atomic E-state index is 0.0269. The average Bonchev–Trinajstić information content (AvgIpc) is 3.11. The molecule has 0 spiro atoms. The second kappa shape index (κ2) is 7.25. The number of amides is 2. The first-order chi connectivity index (χ1) is 11.6. The highest BCUT2D eigenvalue weighted by Gasteiger charge is 2.32. The van der Waals surface area contributed by atoms with Crippen LogP contribution in [0.5, 0.6) is 0 Å². The third-order valence-corrected chi connectivity index (χ3v) is 4.20. The van der Waals surface area contributed by atoms with Crippen LogP contribution in [0.2, 0.25) is 0 Å². The van der Waals surface area contributed by atoms with Gasteiger partial charge in [0.15, 0.2) is 0 Å². The summed E-state index contributed by atoms with van der Waals surface area (Å²) in [6, 6.07) is 5.64. The quantitative estimate of drug-likeness (QED) is 0.829. The molecule has 7 heteroatoms. The van der Waals surface area contributed by atoms with Crippen LogP contribution in [0.3, 0.4) is 0 Å². The van der Waals surface area contributed by atoms with Crippen LogP contribution in [-0.4, -0.2) is 44.6 Å². The van der Waals surface area contributed by atoms with E-state index in [9.17, 15) is 9.59 Å². The predicted molar refractivity (Wildman–Crippen MR) is 87.9 cm³/mol. The van der Waals surface area contributed by atoms with Gasteiger partial charge in [0.1, 0.15) is 0 Å². The Morgan fingerprint density at radius 2 is 2.21 bits per heavy atom. The molecule has 1 atom stereocenters. The first-order valence-electron chi connectivity index (χ1n) is 8.09. The van der Waals surface area contributed by atoms with Gasteiger partial charge < -0.3 is 10.2 Å². The summed E-state index contributed by atoms with van der Waals surface area (Å²) in [5.74, 6) is -0.522. The van der Waals surface area contributed by atoms with Crippen LogP contribution in [0.4, 0.5) is 0 Å². The van der Waals surface area contributed by atoms with Crippen molar-refractivity contribution in [1.82, 2.24) is 25.0 Å². The SMILES string of the molecule is CC(=O)N1Cc2cccnc2C(C(=O)NCCCn2cccn2)C1. The van der Waals surface area contributed by atoms with Crippen molar-refractivity contribution in [2.45, 2.75) is 32.4 Å². The largest absolute Gasteiger partial charge is 0.355 e. The molecule has 126 valence electrons. The number of rotatable bonds is 5. The number of nitrogens with zero attached hydrogens (tertiary/aromatic N) is 4. The van der Waals surface area contributed by atoms with E-state index in [0.29, 0.717) is 19.6 Å². The van der Waals surface area contributed by atoms with E-state index in [2.05, 4.69) is 15.4 Å². The van der Waals surface area contributed by atoms with Crippen LogP contribution in [0.25, 0.3) is 0 Å².